The molecular weight excluding hydrogens is 134 g/mol. The van der Waals surface area contributed by atoms with E-state index in [0.29, 0.717) is 0 Å². The van der Waals surface area contributed by atoms with Gasteiger partial charge in [-0.25, -0.2) is 0 Å². The van der Waals surface area contributed by atoms with Crippen LogP contribution in [0.1, 0.15) is 18.2 Å². The molecule has 0 atom stereocenters. The molecule has 0 saturated heterocycles. The second kappa shape index (κ2) is 3.42. The van der Waals surface area contributed by atoms with Crippen LogP contribution >= 0.6 is 0 Å². The molecule has 0 aliphatic heterocycles. The zero-order valence-electron chi connectivity index (χ0n) is 7.46. The highest BCUT2D eigenvalue weighted by Gasteiger charge is 1.97. The summed E-state index contributed by atoms with van der Waals surface area (Å²) in [6.45, 7) is 4.21. The van der Waals surface area contributed by atoms with Crippen LogP contribution in [0.25, 0.3) is 0 Å². The third-order valence-electron chi connectivity index (χ3n) is 2.07. The van der Waals surface area contributed by atoms with E-state index in [9.17, 15) is 0 Å². The lowest BCUT2D eigenvalue weighted by Gasteiger charge is -1.97. The molecule has 1 rings (SSSR count). The normalized spacial score (nSPS) is 11.2. The van der Waals surface area contributed by atoms with Gasteiger partial charge in [-0.3, -0.25) is 0 Å². The van der Waals surface area contributed by atoms with Gasteiger partial charge in [0.25, 0.3) is 0 Å². The summed E-state index contributed by atoms with van der Waals surface area (Å²) < 4.78 is 2.15. The average molecular weight is 149 g/mol. The molecule has 0 N–H and O–H groups in total. The fourth-order valence-corrected chi connectivity index (χ4v) is 1.12. The second-order valence-electron chi connectivity index (χ2n) is 2.81. The highest BCUT2D eigenvalue weighted by Crippen LogP contribution is 2.08. The van der Waals surface area contributed by atoms with Gasteiger partial charge in [-0.2, -0.15) is 0 Å². The summed E-state index contributed by atoms with van der Waals surface area (Å²) in [7, 11) is 2.08. The van der Waals surface area contributed by atoms with Crippen molar-refractivity contribution in [2.45, 2.75) is 20.3 Å². The summed E-state index contributed by atoms with van der Waals surface area (Å²) in [6.07, 6.45) is 7.44. The van der Waals surface area contributed by atoms with Crippen molar-refractivity contribution in [2.24, 2.45) is 7.05 Å². The fourth-order valence-electron chi connectivity index (χ4n) is 1.12. The van der Waals surface area contributed by atoms with Crippen LogP contribution in [0, 0.1) is 6.92 Å². The summed E-state index contributed by atoms with van der Waals surface area (Å²) in [6, 6.07) is 2.18. The predicted molar refractivity (Wildman–Crippen MR) is 48.7 cm³/mol. The summed E-state index contributed by atoms with van der Waals surface area (Å²) in [5.74, 6) is 0. The topological polar surface area (TPSA) is 4.93 Å². The first-order valence-electron chi connectivity index (χ1n) is 3.97. The van der Waals surface area contributed by atoms with Crippen molar-refractivity contribution in [2.75, 3.05) is 0 Å². The van der Waals surface area contributed by atoms with Gasteiger partial charge in [-0.1, -0.05) is 12.2 Å². The quantitative estimate of drug-likeness (QED) is 0.569. The van der Waals surface area contributed by atoms with Crippen LogP contribution in [-0.2, 0) is 13.5 Å². The Morgan fingerprint density at radius 2 is 2.27 bits per heavy atom. The summed E-state index contributed by atoms with van der Waals surface area (Å²) in [5.41, 5.74) is 2.79. The Morgan fingerprint density at radius 3 is 2.73 bits per heavy atom. The van der Waals surface area contributed by atoms with Crippen molar-refractivity contribution >= 4 is 0 Å². The Bertz CT molecular complexity index is 256. The van der Waals surface area contributed by atoms with Gasteiger partial charge in [-0.05, 0) is 31.9 Å². The van der Waals surface area contributed by atoms with Gasteiger partial charge >= 0.3 is 0 Å². The van der Waals surface area contributed by atoms with Gasteiger partial charge in [0.2, 0.25) is 0 Å². The average Bonchev–Trinajstić information content (AvgIpc) is 2.31. The number of rotatable bonds is 2. The monoisotopic (exact) mass is 149 g/mol. The number of hydrogen-bond acceptors (Lipinski definition) is 0. The number of hydrogen-bond donors (Lipinski definition) is 0. The van der Waals surface area contributed by atoms with Crippen LogP contribution < -0.4 is 0 Å². The second-order valence-corrected chi connectivity index (χ2v) is 2.81. The lowest BCUT2D eigenvalue weighted by atomic mass is 10.2. The molecule has 0 amide bonds. The van der Waals surface area contributed by atoms with Crippen LogP contribution in [0.5, 0.6) is 0 Å². The van der Waals surface area contributed by atoms with E-state index in [0.717, 1.165) is 6.42 Å². The van der Waals surface area contributed by atoms with Crippen molar-refractivity contribution in [1.82, 2.24) is 4.57 Å². The molecule has 0 bridgehead atoms. The maximum atomic E-state index is 2.18. The molecule has 0 saturated carbocycles. The molecular formula is C10H15N. The van der Waals surface area contributed by atoms with Gasteiger partial charge in [0, 0.05) is 18.9 Å². The Morgan fingerprint density at radius 1 is 1.55 bits per heavy atom. The molecule has 0 aromatic carbocycles. The molecule has 1 heteroatoms. The van der Waals surface area contributed by atoms with E-state index >= 15 is 0 Å². The SMILES string of the molecule is C/C=C\Cc1ccn(C)c1C. The summed E-state index contributed by atoms with van der Waals surface area (Å²) in [4.78, 5) is 0. The number of aromatic nitrogens is 1. The first kappa shape index (κ1) is 8.12. The van der Waals surface area contributed by atoms with Crippen molar-refractivity contribution < 1.29 is 0 Å². The Kier molecular flexibility index (Phi) is 2.53. The molecule has 1 heterocycles. The minimum absolute atomic E-state index is 1.06. The van der Waals surface area contributed by atoms with Crippen LogP contribution in [0.3, 0.4) is 0 Å². The third kappa shape index (κ3) is 1.73. The first-order valence-corrected chi connectivity index (χ1v) is 3.97. The van der Waals surface area contributed by atoms with E-state index < -0.39 is 0 Å². The molecule has 1 aromatic heterocycles. The number of allylic oxidation sites excluding steroid dienone is 2. The predicted octanol–water partition coefficient (Wildman–Crippen LogP) is 2.45. The minimum atomic E-state index is 1.06. The summed E-state index contributed by atoms with van der Waals surface area (Å²) in [5, 5.41) is 0. The maximum Gasteiger partial charge on any atom is 0.0175 e. The Labute approximate surface area is 68.4 Å². The largest absolute Gasteiger partial charge is 0.354 e. The lowest BCUT2D eigenvalue weighted by molar-refractivity contribution is 0.873. The fraction of sp³-hybridized carbons (Fsp3) is 0.400. The Hall–Kier alpha value is -0.980. The van der Waals surface area contributed by atoms with Gasteiger partial charge < -0.3 is 4.57 Å². The van der Waals surface area contributed by atoms with Crippen molar-refractivity contribution in [1.29, 1.82) is 0 Å². The molecule has 1 aromatic rings. The third-order valence-corrected chi connectivity index (χ3v) is 2.07. The Balaban J connectivity index is 2.78. The van der Waals surface area contributed by atoms with Gasteiger partial charge in [0.15, 0.2) is 0 Å². The van der Waals surface area contributed by atoms with E-state index in [1.807, 2.05) is 0 Å². The number of nitrogens with zero attached hydrogens (tertiary/aromatic N) is 1. The van der Waals surface area contributed by atoms with Crippen molar-refractivity contribution in [3.63, 3.8) is 0 Å². The van der Waals surface area contributed by atoms with E-state index in [-0.39, 0.29) is 0 Å². The van der Waals surface area contributed by atoms with Gasteiger partial charge in [0.05, 0.1) is 0 Å². The highest BCUT2D eigenvalue weighted by molar-refractivity contribution is 5.23. The molecule has 1 nitrogen and oxygen atoms in total. The first-order chi connectivity index (χ1) is 5.25. The molecule has 0 aliphatic carbocycles. The van der Waals surface area contributed by atoms with Crippen molar-refractivity contribution in [3.8, 4) is 0 Å². The van der Waals surface area contributed by atoms with E-state index in [1.165, 1.54) is 11.3 Å². The number of aryl methyl sites for hydroxylation is 1. The van der Waals surface area contributed by atoms with Crippen molar-refractivity contribution in [3.05, 3.63) is 35.7 Å². The van der Waals surface area contributed by atoms with E-state index in [2.05, 4.69) is 49.9 Å². The summed E-state index contributed by atoms with van der Waals surface area (Å²) >= 11 is 0. The molecule has 0 aliphatic rings. The minimum Gasteiger partial charge on any atom is -0.354 e. The molecule has 0 radical (unpaired) electrons. The van der Waals surface area contributed by atoms with E-state index in [1.54, 1.807) is 0 Å². The maximum absolute atomic E-state index is 2.18. The van der Waals surface area contributed by atoms with Crippen LogP contribution in [-0.4, -0.2) is 4.57 Å². The van der Waals surface area contributed by atoms with Crippen LogP contribution in [0.15, 0.2) is 24.4 Å². The smallest absolute Gasteiger partial charge is 0.0175 e. The molecule has 11 heavy (non-hydrogen) atoms. The van der Waals surface area contributed by atoms with Crippen LogP contribution in [0.4, 0.5) is 0 Å². The van der Waals surface area contributed by atoms with Gasteiger partial charge in [0.1, 0.15) is 0 Å². The highest BCUT2D eigenvalue weighted by atomic mass is 14.9. The molecule has 60 valence electrons. The lowest BCUT2D eigenvalue weighted by Crippen LogP contribution is -1.90. The molecule has 0 fully saturated rings. The van der Waals surface area contributed by atoms with E-state index in [4.69, 9.17) is 0 Å². The molecule has 0 spiro atoms. The van der Waals surface area contributed by atoms with Crippen LogP contribution in [0.2, 0.25) is 0 Å². The molecule has 0 unspecified atom stereocenters. The zero-order chi connectivity index (χ0) is 8.27. The van der Waals surface area contributed by atoms with Gasteiger partial charge in [-0.15, -0.1) is 0 Å². The standard InChI is InChI=1S/C10H15N/c1-4-5-6-10-7-8-11(3)9(10)2/h4-5,7-8H,6H2,1-3H3/b5-4-. The zero-order valence-corrected chi connectivity index (χ0v) is 7.46.